The number of hydrogen-bond donors (Lipinski definition) is 0. The average molecular weight is 351 g/mol. The van der Waals surface area contributed by atoms with Gasteiger partial charge in [0, 0.05) is 6.07 Å². The van der Waals surface area contributed by atoms with Crippen LogP contribution in [0.5, 0.6) is 5.75 Å². The predicted octanol–water partition coefficient (Wildman–Crippen LogP) is 2.23. The first-order valence-electron chi connectivity index (χ1n) is 8.22. The first kappa shape index (κ1) is 18.6. The molecule has 1 aliphatic heterocycles. The molecule has 0 radical (unpaired) electrons. The Hall–Kier alpha value is -2.71. The molecule has 0 saturated carbocycles. The van der Waals surface area contributed by atoms with Gasteiger partial charge in [-0.15, -0.1) is 0 Å². The summed E-state index contributed by atoms with van der Waals surface area (Å²) in [7, 11) is 0. The third kappa shape index (κ3) is 3.86. The normalized spacial score (nSPS) is 17.5. The molecule has 0 aromatic carbocycles. The number of carbonyl (C=O) groups is 2. The Bertz CT molecular complexity index is 678. The summed E-state index contributed by atoms with van der Waals surface area (Å²) in [6.45, 7) is 5.50. The third-order valence-corrected chi connectivity index (χ3v) is 3.86. The van der Waals surface area contributed by atoms with Crippen LogP contribution in [0.15, 0.2) is 12.1 Å². The molecule has 9 nitrogen and oxygen atoms in total. The zero-order chi connectivity index (χ0) is 18.6. The lowest BCUT2D eigenvalue weighted by atomic mass is 10.1. The van der Waals surface area contributed by atoms with Crippen molar-refractivity contribution in [1.82, 2.24) is 4.98 Å². The molecule has 9 heteroatoms. The Morgan fingerprint density at radius 3 is 2.80 bits per heavy atom. The van der Waals surface area contributed by atoms with Crippen LogP contribution in [0.4, 0.5) is 11.6 Å². The van der Waals surface area contributed by atoms with Crippen LogP contribution in [0.2, 0.25) is 0 Å². The van der Waals surface area contributed by atoms with E-state index in [1.165, 1.54) is 19.1 Å². The van der Waals surface area contributed by atoms with E-state index in [1.54, 1.807) is 6.92 Å². The number of nitro groups is 1. The molecule has 0 fully saturated rings. The van der Waals surface area contributed by atoms with Gasteiger partial charge in [-0.25, -0.2) is 4.79 Å². The van der Waals surface area contributed by atoms with Crippen molar-refractivity contribution in [2.45, 2.75) is 52.2 Å². The zero-order valence-electron chi connectivity index (χ0n) is 14.4. The molecule has 1 amide bonds. The molecule has 0 aliphatic carbocycles. The molecule has 2 rings (SSSR count). The van der Waals surface area contributed by atoms with Crippen LogP contribution in [0.3, 0.4) is 0 Å². The van der Waals surface area contributed by atoms with E-state index in [4.69, 9.17) is 9.47 Å². The number of rotatable bonds is 7. The van der Waals surface area contributed by atoms with Gasteiger partial charge in [0.25, 0.3) is 11.7 Å². The molecule has 0 spiro atoms. The lowest BCUT2D eigenvalue weighted by Crippen LogP contribution is -2.53. The van der Waals surface area contributed by atoms with Crippen LogP contribution in [0.1, 0.15) is 40.0 Å². The number of amides is 1. The molecule has 25 heavy (non-hydrogen) atoms. The maximum absolute atomic E-state index is 12.7. The number of pyridine rings is 1. The molecule has 0 saturated heterocycles. The fourth-order valence-electron chi connectivity index (χ4n) is 2.43. The van der Waals surface area contributed by atoms with Gasteiger partial charge in [-0.1, -0.05) is 20.3 Å². The Kier molecular flexibility index (Phi) is 5.89. The van der Waals surface area contributed by atoms with Crippen molar-refractivity contribution in [3.63, 3.8) is 0 Å². The minimum atomic E-state index is -0.962. The van der Waals surface area contributed by atoms with E-state index in [0.29, 0.717) is 12.8 Å². The first-order chi connectivity index (χ1) is 11.9. The summed E-state index contributed by atoms with van der Waals surface area (Å²) >= 11 is 0. The Morgan fingerprint density at radius 1 is 1.48 bits per heavy atom. The summed E-state index contributed by atoms with van der Waals surface area (Å²) in [5, 5.41) is 11.0. The number of esters is 1. The summed E-state index contributed by atoms with van der Waals surface area (Å²) in [6, 6.07) is 1.62. The van der Waals surface area contributed by atoms with Gasteiger partial charge in [0.2, 0.25) is 0 Å². The summed E-state index contributed by atoms with van der Waals surface area (Å²) in [4.78, 5) is 40.3. The summed E-state index contributed by atoms with van der Waals surface area (Å²) in [5.74, 6) is -1.29. The highest BCUT2D eigenvalue weighted by atomic mass is 16.6. The molecule has 0 bridgehead atoms. The summed E-state index contributed by atoms with van der Waals surface area (Å²) in [6.07, 6.45) is 1.20. The van der Waals surface area contributed by atoms with Gasteiger partial charge >= 0.3 is 11.8 Å². The van der Waals surface area contributed by atoms with Crippen molar-refractivity contribution < 1.29 is 24.0 Å². The molecular formula is C16H21N3O6. The van der Waals surface area contributed by atoms with Crippen molar-refractivity contribution >= 4 is 23.5 Å². The fraction of sp³-hybridized carbons (Fsp3) is 0.562. The average Bonchev–Trinajstić information content (AvgIpc) is 2.60. The van der Waals surface area contributed by atoms with E-state index in [9.17, 15) is 19.7 Å². The number of unbranched alkanes of at least 4 members (excludes halogenated alkanes) is 1. The molecule has 1 aromatic heterocycles. The van der Waals surface area contributed by atoms with Gasteiger partial charge in [0.05, 0.1) is 6.61 Å². The Morgan fingerprint density at radius 2 is 2.20 bits per heavy atom. The van der Waals surface area contributed by atoms with E-state index >= 15 is 0 Å². The van der Waals surface area contributed by atoms with Crippen LogP contribution >= 0.6 is 0 Å². The predicted molar refractivity (Wildman–Crippen MR) is 88.4 cm³/mol. The van der Waals surface area contributed by atoms with Crippen molar-refractivity contribution in [3.8, 4) is 5.75 Å². The van der Waals surface area contributed by atoms with Crippen molar-refractivity contribution in [2.24, 2.45) is 0 Å². The molecule has 2 heterocycles. The van der Waals surface area contributed by atoms with E-state index < -0.39 is 34.8 Å². The summed E-state index contributed by atoms with van der Waals surface area (Å²) in [5.41, 5.74) is 0. The highest BCUT2D eigenvalue weighted by Crippen LogP contribution is 2.36. The minimum Gasteiger partial charge on any atom is -0.474 e. The van der Waals surface area contributed by atoms with Gasteiger partial charge in [-0.05, 0) is 35.7 Å². The highest BCUT2D eigenvalue weighted by Gasteiger charge is 2.43. The van der Waals surface area contributed by atoms with Gasteiger partial charge in [-0.3, -0.25) is 9.69 Å². The number of fused-ring (bicyclic) bond motifs is 1. The van der Waals surface area contributed by atoms with Crippen LogP contribution in [0, 0.1) is 10.1 Å². The quantitative estimate of drug-likeness (QED) is 0.320. The number of carbonyl (C=O) groups excluding carboxylic acids is 2. The topological polar surface area (TPSA) is 112 Å². The van der Waals surface area contributed by atoms with Gasteiger partial charge in [0.1, 0.15) is 6.04 Å². The third-order valence-electron chi connectivity index (χ3n) is 3.86. The SMILES string of the molecule is CCCCOC(=O)C(C)N1C(=O)C(CC)Oc2ccc([N+](=O)[O-])nc21. The van der Waals surface area contributed by atoms with Crippen molar-refractivity contribution in [2.75, 3.05) is 11.5 Å². The number of ether oxygens (including phenoxy) is 2. The standard InChI is InChI=1S/C16H21N3O6/c1-4-6-9-24-16(21)10(3)18-14-12(25-11(5-2)15(18)20)7-8-13(17-14)19(22)23/h7-8,10-11H,4-6,9H2,1-3H3. The second kappa shape index (κ2) is 7.91. The monoisotopic (exact) mass is 351 g/mol. The van der Waals surface area contributed by atoms with E-state index in [-0.39, 0.29) is 18.2 Å². The number of anilines is 1. The number of hydrogen-bond acceptors (Lipinski definition) is 7. The van der Waals surface area contributed by atoms with E-state index in [2.05, 4.69) is 4.98 Å². The van der Waals surface area contributed by atoms with Crippen LogP contribution in [0.25, 0.3) is 0 Å². The molecule has 2 atom stereocenters. The largest absolute Gasteiger partial charge is 0.474 e. The molecule has 2 unspecified atom stereocenters. The first-order valence-corrected chi connectivity index (χ1v) is 8.22. The van der Waals surface area contributed by atoms with Crippen LogP contribution in [-0.2, 0) is 14.3 Å². The smallest absolute Gasteiger partial charge is 0.366 e. The molecular weight excluding hydrogens is 330 g/mol. The maximum Gasteiger partial charge on any atom is 0.366 e. The van der Waals surface area contributed by atoms with Gasteiger partial charge in [-0.2, -0.15) is 0 Å². The lowest BCUT2D eigenvalue weighted by Gasteiger charge is -2.33. The fourth-order valence-corrected chi connectivity index (χ4v) is 2.43. The second-order valence-electron chi connectivity index (χ2n) is 5.67. The number of aromatic nitrogens is 1. The van der Waals surface area contributed by atoms with Crippen molar-refractivity contribution in [1.29, 1.82) is 0 Å². The van der Waals surface area contributed by atoms with Gasteiger partial charge < -0.3 is 19.6 Å². The molecule has 1 aromatic rings. The lowest BCUT2D eigenvalue weighted by molar-refractivity contribution is -0.389. The van der Waals surface area contributed by atoms with Crippen LogP contribution < -0.4 is 9.64 Å². The minimum absolute atomic E-state index is 0.0381. The van der Waals surface area contributed by atoms with Gasteiger partial charge in [0.15, 0.2) is 11.9 Å². The molecule has 136 valence electrons. The molecule has 0 N–H and O–H groups in total. The number of nitrogens with zero attached hydrogens (tertiary/aromatic N) is 3. The highest BCUT2D eigenvalue weighted by molar-refractivity contribution is 6.03. The Balaban J connectivity index is 2.37. The zero-order valence-corrected chi connectivity index (χ0v) is 14.4. The van der Waals surface area contributed by atoms with Crippen LogP contribution in [-0.4, -0.2) is 40.5 Å². The molecule has 1 aliphatic rings. The Labute approximate surface area is 145 Å². The van der Waals surface area contributed by atoms with E-state index in [1.807, 2.05) is 6.92 Å². The maximum atomic E-state index is 12.7. The van der Waals surface area contributed by atoms with Crippen molar-refractivity contribution in [3.05, 3.63) is 22.2 Å². The van der Waals surface area contributed by atoms with E-state index in [0.717, 1.165) is 11.3 Å². The summed E-state index contributed by atoms with van der Waals surface area (Å²) < 4.78 is 10.7. The second-order valence-corrected chi connectivity index (χ2v) is 5.67.